The molecular formula is C20H23FN2O2S. The van der Waals surface area contributed by atoms with Crippen LogP contribution in [0.5, 0.6) is 0 Å². The Labute approximate surface area is 157 Å². The van der Waals surface area contributed by atoms with Crippen LogP contribution < -0.4 is 10.6 Å². The molecule has 0 radical (unpaired) electrons. The number of rotatable bonds is 8. The van der Waals surface area contributed by atoms with E-state index in [2.05, 4.69) is 10.6 Å². The maximum atomic E-state index is 12.8. The second kappa shape index (κ2) is 9.97. The van der Waals surface area contributed by atoms with Gasteiger partial charge in [-0.25, -0.2) is 4.39 Å². The first-order valence-electron chi connectivity index (χ1n) is 8.49. The van der Waals surface area contributed by atoms with Gasteiger partial charge in [0.2, 0.25) is 11.8 Å². The first kappa shape index (κ1) is 20.0. The van der Waals surface area contributed by atoms with Crippen molar-refractivity contribution >= 4 is 29.3 Å². The number of thioether (sulfide) groups is 1. The van der Waals surface area contributed by atoms with E-state index in [9.17, 15) is 14.0 Å². The van der Waals surface area contributed by atoms with Gasteiger partial charge in [0.1, 0.15) is 5.82 Å². The van der Waals surface area contributed by atoms with Gasteiger partial charge in [0.05, 0.1) is 0 Å². The van der Waals surface area contributed by atoms with Crippen molar-refractivity contribution < 1.29 is 14.0 Å². The summed E-state index contributed by atoms with van der Waals surface area (Å²) >= 11 is 1.52. The van der Waals surface area contributed by atoms with Crippen LogP contribution >= 0.6 is 11.8 Å². The summed E-state index contributed by atoms with van der Waals surface area (Å²) in [5.41, 5.74) is 1.71. The summed E-state index contributed by atoms with van der Waals surface area (Å²) in [7, 11) is 0. The summed E-state index contributed by atoms with van der Waals surface area (Å²) in [6.45, 7) is 4.12. The summed E-state index contributed by atoms with van der Waals surface area (Å²) < 4.78 is 12.8. The maximum absolute atomic E-state index is 12.8. The number of nitrogens with one attached hydrogen (secondary N) is 2. The van der Waals surface area contributed by atoms with Crippen LogP contribution in [0.2, 0.25) is 0 Å². The average Bonchev–Trinajstić information content (AvgIpc) is 2.62. The van der Waals surface area contributed by atoms with Crippen molar-refractivity contribution in [3.05, 3.63) is 59.9 Å². The van der Waals surface area contributed by atoms with Gasteiger partial charge < -0.3 is 10.6 Å². The van der Waals surface area contributed by atoms with Gasteiger partial charge in [0.25, 0.3) is 0 Å². The summed E-state index contributed by atoms with van der Waals surface area (Å²) in [6.07, 6.45) is 0.393. The van der Waals surface area contributed by atoms with E-state index in [-0.39, 0.29) is 23.5 Å². The fraction of sp³-hybridized carbons (Fsp3) is 0.300. The Hall–Kier alpha value is -2.34. The Bertz CT molecular complexity index is 730. The quantitative estimate of drug-likeness (QED) is 0.680. The molecule has 138 valence electrons. The fourth-order valence-electron chi connectivity index (χ4n) is 2.07. The summed E-state index contributed by atoms with van der Waals surface area (Å²) in [4.78, 5) is 24.5. The minimum absolute atomic E-state index is 0.0234. The zero-order valence-corrected chi connectivity index (χ0v) is 15.7. The van der Waals surface area contributed by atoms with Gasteiger partial charge in [-0.2, -0.15) is 0 Å². The molecule has 4 nitrogen and oxygen atoms in total. The van der Waals surface area contributed by atoms with Crippen molar-refractivity contribution in [2.75, 3.05) is 11.1 Å². The van der Waals surface area contributed by atoms with E-state index in [0.29, 0.717) is 18.7 Å². The van der Waals surface area contributed by atoms with Crippen LogP contribution in [0.25, 0.3) is 0 Å². The van der Waals surface area contributed by atoms with Crippen molar-refractivity contribution in [3.63, 3.8) is 0 Å². The summed E-state index contributed by atoms with van der Waals surface area (Å²) in [6, 6.07) is 13.6. The molecule has 0 heterocycles. The lowest BCUT2D eigenvalue weighted by Crippen LogP contribution is -2.23. The molecule has 0 aromatic heterocycles. The molecule has 0 atom stereocenters. The zero-order chi connectivity index (χ0) is 18.9. The number of carbonyl (C=O) groups is 2. The van der Waals surface area contributed by atoms with Gasteiger partial charge in [-0.3, -0.25) is 9.59 Å². The molecule has 2 amide bonds. The van der Waals surface area contributed by atoms with Crippen LogP contribution in [0.3, 0.4) is 0 Å². The van der Waals surface area contributed by atoms with Crippen molar-refractivity contribution in [2.24, 2.45) is 5.92 Å². The number of carbonyl (C=O) groups excluding carboxylic acids is 2. The highest BCUT2D eigenvalue weighted by Gasteiger charge is 2.07. The third kappa shape index (κ3) is 6.88. The van der Waals surface area contributed by atoms with E-state index in [1.165, 1.54) is 23.9 Å². The van der Waals surface area contributed by atoms with E-state index in [1.54, 1.807) is 12.1 Å². The van der Waals surface area contributed by atoms with Crippen LogP contribution in [0, 0.1) is 11.7 Å². The summed E-state index contributed by atoms with van der Waals surface area (Å²) in [5, 5.41) is 5.70. The highest BCUT2D eigenvalue weighted by molar-refractivity contribution is 7.99. The molecule has 6 heteroatoms. The molecule has 0 fully saturated rings. The second-order valence-corrected chi connectivity index (χ2v) is 7.34. The number of hydrogen-bond acceptors (Lipinski definition) is 3. The molecule has 0 saturated carbocycles. The third-order valence-corrected chi connectivity index (χ3v) is 4.66. The van der Waals surface area contributed by atoms with Crippen LogP contribution in [0.1, 0.15) is 25.8 Å². The topological polar surface area (TPSA) is 58.2 Å². The Kier molecular flexibility index (Phi) is 7.66. The molecule has 2 aromatic carbocycles. The zero-order valence-electron chi connectivity index (χ0n) is 14.9. The number of hydrogen-bond donors (Lipinski definition) is 2. The van der Waals surface area contributed by atoms with E-state index in [0.717, 1.165) is 16.1 Å². The molecule has 2 rings (SSSR count). The lowest BCUT2D eigenvalue weighted by molar-refractivity contribution is -0.121. The molecule has 0 spiro atoms. The largest absolute Gasteiger partial charge is 0.352 e. The van der Waals surface area contributed by atoms with Gasteiger partial charge >= 0.3 is 0 Å². The lowest BCUT2D eigenvalue weighted by Gasteiger charge is -2.09. The molecule has 0 bridgehead atoms. The van der Waals surface area contributed by atoms with Crippen molar-refractivity contribution in [2.45, 2.75) is 31.7 Å². The number of halogens is 1. The SMILES string of the molecule is CC(C)C(=O)Nc1ccc(CNC(=O)CCSc2ccc(F)cc2)cc1. The van der Waals surface area contributed by atoms with Crippen LogP contribution in [0.4, 0.5) is 10.1 Å². The van der Waals surface area contributed by atoms with Crippen LogP contribution in [0.15, 0.2) is 53.4 Å². The molecule has 26 heavy (non-hydrogen) atoms. The molecule has 0 aliphatic carbocycles. The molecule has 0 aliphatic heterocycles. The summed E-state index contributed by atoms with van der Waals surface area (Å²) in [5.74, 6) is 0.252. The predicted molar refractivity (Wildman–Crippen MR) is 103 cm³/mol. The number of amides is 2. The highest BCUT2D eigenvalue weighted by atomic mass is 32.2. The monoisotopic (exact) mass is 374 g/mol. The standard InChI is InChI=1S/C20H23FN2O2S/c1-14(2)20(25)23-17-7-3-15(4-8-17)13-22-19(24)11-12-26-18-9-5-16(21)6-10-18/h3-10,14H,11-13H2,1-2H3,(H,22,24)(H,23,25). The Balaban J connectivity index is 1.70. The molecule has 0 aliphatic rings. The Morgan fingerprint density at radius 1 is 1.04 bits per heavy atom. The van der Waals surface area contributed by atoms with E-state index >= 15 is 0 Å². The number of benzene rings is 2. The van der Waals surface area contributed by atoms with E-state index < -0.39 is 0 Å². The van der Waals surface area contributed by atoms with Crippen LogP contribution in [-0.4, -0.2) is 17.6 Å². The van der Waals surface area contributed by atoms with Crippen molar-refractivity contribution in [1.29, 1.82) is 0 Å². The molecule has 2 N–H and O–H groups in total. The average molecular weight is 374 g/mol. The van der Waals surface area contributed by atoms with Crippen molar-refractivity contribution in [3.8, 4) is 0 Å². The van der Waals surface area contributed by atoms with E-state index in [1.807, 2.05) is 38.1 Å². The Morgan fingerprint density at radius 3 is 2.31 bits per heavy atom. The molecular weight excluding hydrogens is 351 g/mol. The van der Waals surface area contributed by atoms with Crippen LogP contribution in [-0.2, 0) is 16.1 Å². The second-order valence-electron chi connectivity index (χ2n) is 6.17. The molecule has 0 unspecified atom stereocenters. The van der Waals surface area contributed by atoms with Gasteiger partial charge in [0, 0.05) is 35.2 Å². The highest BCUT2D eigenvalue weighted by Crippen LogP contribution is 2.18. The maximum Gasteiger partial charge on any atom is 0.226 e. The predicted octanol–water partition coefficient (Wildman–Crippen LogP) is 4.22. The normalized spacial score (nSPS) is 10.6. The van der Waals surface area contributed by atoms with Gasteiger partial charge in [-0.05, 0) is 42.0 Å². The van der Waals surface area contributed by atoms with E-state index in [4.69, 9.17) is 0 Å². The minimum Gasteiger partial charge on any atom is -0.352 e. The lowest BCUT2D eigenvalue weighted by atomic mass is 10.1. The third-order valence-electron chi connectivity index (χ3n) is 3.65. The minimum atomic E-state index is -0.262. The smallest absolute Gasteiger partial charge is 0.226 e. The van der Waals surface area contributed by atoms with Gasteiger partial charge in [0.15, 0.2) is 0 Å². The molecule has 2 aromatic rings. The van der Waals surface area contributed by atoms with Gasteiger partial charge in [-0.1, -0.05) is 26.0 Å². The fourth-order valence-corrected chi connectivity index (χ4v) is 2.93. The Morgan fingerprint density at radius 2 is 1.69 bits per heavy atom. The molecule has 0 saturated heterocycles. The first-order valence-corrected chi connectivity index (χ1v) is 9.47. The van der Waals surface area contributed by atoms with Gasteiger partial charge in [-0.15, -0.1) is 11.8 Å². The first-order chi connectivity index (χ1) is 12.4. The van der Waals surface area contributed by atoms with Crippen molar-refractivity contribution in [1.82, 2.24) is 5.32 Å². The number of anilines is 1.